The molecule has 10 nitrogen and oxygen atoms in total. The highest BCUT2D eigenvalue weighted by Crippen LogP contribution is 2.49. The summed E-state index contributed by atoms with van der Waals surface area (Å²) < 4.78 is 16.0. The van der Waals surface area contributed by atoms with Gasteiger partial charge in [-0.05, 0) is 51.0 Å². The van der Waals surface area contributed by atoms with Gasteiger partial charge in [0.25, 0.3) is 5.91 Å². The van der Waals surface area contributed by atoms with Crippen molar-refractivity contribution in [2.24, 2.45) is 5.41 Å². The number of halogens is 1. The SMILES string of the molecule is CC(=O)N1CC2(CC(Nc3cc(-c4ccc5cc(C#N)cnn45)ncc3C(=O)NCC(F)C(C)(C)O)C2)C1. The predicted octanol–water partition coefficient (Wildman–Crippen LogP) is 2.53. The molecule has 3 aromatic rings. The minimum Gasteiger partial charge on any atom is -0.387 e. The zero-order valence-corrected chi connectivity index (χ0v) is 21.5. The first-order valence-corrected chi connectivity index (χ1v) is 12.5. The lowest BCUT2D eigenvalue weighted by Crippen LogP contribution is -2.65. The van der Waals surface area contributed by atoms with E-state index in [9.17, 15) is 19.1 Å². The zero-order valence-electron chi connectivity index (χ0n) is 21.5. The number of nitrogens with zero attached hydrogens (tertiary/aromatic N) is 5. The van der Waals surface area contributed by atoms with E-state index in [-0.39, 0.29) is 29.5 Å². The number of amides is 2. The third kappa shape index (κ3) is 4.79. The molecule has 2 fully saturated rings. The first-order chi connectivity index (χ1) is 18.0. The molecule has 0 radical (unpaired) electrons. The molecule has 1 aliphatic carbocycles. The fourth-order valence-electron chi connectivity index (χ4n) is 5.23. The summed E-state index contributed by atoms with van der Waals surface area (Å²) in [4.78, 5) is 31.0. The van der Waals surface area contributed by atoms with Gasteiger partial charge in [0.15, 0.2) is 0 Å². The summed E-state index contributed by atoms with van der Waals surface area (Å²) in [5.74, 6) is -0.424. The topological polar surface area (TPSA) is 136 Å². The number of aliphatic hydroxyl groups is 1. The number of rotatable bonds is 7. The minimum atomic E-state index is -1.64. The Morgan fingerprint density at radius 3 is 2.68 bits per heavy atom. The van der Waals surface area contributed by atoms with Crippen molar-refractivity contribution < 1.29 is 19.1 Å². The smallest absolute Gasteiger partial charge is 0.255 e. The van der Waals surface area contributed by atoms with Gasteiger partial charge in [-0.1, -0.05) is 0 Å². The van der Waals surface area contributed by atoms with E-state index in [0.29, 0.717) is 22.6 Å². The maximum absolute atomic E-state index is 14.3. The lowest BCUT2D eigenvalue weighted by Gasteiger charge is -2.59. The first kappa shape index (κ1) is 25.6. The van der Waals surface area contributed by atoms with Gasteiger partial charge in [0.1, 0.15) is 12.2 Å². The van der Waals surface area contributed by atoms with Crippen LogP contribution in [0.15, 0.2) is 36.7 Å². The Morgan fingerprint density at radius 2 is 2.03 bits per heavy atom. The van der Waals surface area contributed by atoms with Gasteiger partial charge in [-0.3, -0.25) is 14.6 Å². The molecule has 2 aliphatic rings. The van der Waals surface area contributed by atoms with Crippen LogP contribution in [0.2, 0.25) is 0 Å². The molecule has 5 rings (SSSR count). The van der Waals surface area contributed by atoms with Crippen LogP contribution in [-0.2, 0) is 4.79 Å². The van der Waals surface area contributed by atoms with Gasteiger partial charge in [0.2, 0.25) is 5.91 Å². The highest BCUT2D eigenvalue weighted by Gasteiger charge is 2.53. The molecule has 2 amide bonds. The Balaban J connectivity index is 1.40. The molecule has 3 aromatic heterocycles. The number of anilines is 1. The maximum Gasteiger partial charge on any atom is 0.255 e. The van der Waals surface area contributed by atoms with E-state index in [1.807, 2.05) is 17.0 Å². The third-order valence-corrected chi connectivity index (χ3v) is 7.47. The van der Waals surface area contributed by atoms with Crippen LogP contribution in [0.4, 0.5) is 10.1 Å². The van der Waals surface area contributed by atoms with Gasteiger partial charge in [-0.2, -0.15) is 10.4 Å². The predicted molar refractivity (Wildman–Crippen MR) is 138 cm³/mol. The molecule has 0 aromatic carbocycles. The van der Waals surface area contributed by atoms with E-state index in [1.54, 1.807) is 23.6 Å². The van der Waals surface area contributed by atoms with Crippen molar-refractivity contribution in [3.05, 3.63) is 47.8 Å². The number of nitrogens with one attached hydrogen (secondary N) is 2. The zero-order chi connectivity index (χ0) is 27.2. The van der Waals surface area contributed by atoms with Gasteiger partial charge in [0, 0.05) is 37.7 Å². The van der Waals surface area contributed by atoms with Crippen molar-refractivity contribution in [3.8, 4) is 17.5 Å². The molecule has 0 bridgehead atoms. The second-order valence-corrected chi connectivity index (χ2v) is 11.0. The van der Waals surface area contributed by atoms with Crippen molar-refractivity contribution >= 4 is 23.0 Å². The van der Waals surface area contributed by atoms with E-state index < -0.39 is 17.7 Å². The quantitative estimate of drug-likeness (QED) is 0.436. The number of alkyl halides is 1. The van der Waals surface area contributed by atoms with Crippen molar-refractivity contribution in [1.29, 1.82) is 5.26 Å². The molecule has 1 saturated heterocycles. The molecular formula is C27H30FN7O3. The molecule has 3 N–H and O–H groups in total. The molecular weight excluding hydrogens is 489 g/mol. The van der Waals surface area contributed by atoms with Crippen LogP contribution in [-0.4, -0.2) is 73.9 Å². The number of aromatic nitrogens is 3. The average molecular weight is 520 g/mol. The number of likely N-dealkylation sites (tertiary alicyclic amines) is 1. The van der Waals surface area contributed by atoms with Crippen molar-refractivity contribution in [1.82, 2.24) is 24.8 Å². The highest BCUT2D eigenvalue weighted by molar-refractivity contribution is 6.00. The Kier molecular flexibility index (Phi) is 6.31. The molecule has 4 heterocycles. The van der Waals surface area contributed by atoms with E-state index >= 15 is 0 Å². The number of carbonyl (C=O) groups excluding carboxylic acids is 2. The Labute approximate surface area is 219 Å². The summed E-state index contributed by atoms with van der Waals surface area (Å²) >= 11 is 0. The summed E-state index contributed by atoms with van der Waals surface area (Å²) in [5.41, 5.74) is 1.79. The molecule has 1 saturated carbocycles. The minimum absolute atomic E-state index is 0.0805. The van der Waals surface area contributed by atoms with Gasteiger partial charge >= 0.3 is 0 Å². The third-order valence-electron chi connectivity index (χ3n) is 7.47. The van der Waals surface area contributed by atoms with Crippen LogP contribution >= 0.6 is 0 Å². The van der Waals surface area contributed by atoms with Crippen LogP contribution < -0.4 is 10.6 Å². The maximum atomic E-state index is 14.3. The Hall–Kier alpha value is -4.04. The largest absolute Gasteiger partial charge is 0.387 e. The van der Waals surface area contributed by atoms with Crippen LogP contribution in [0.1, 0.15) is 49.5 Å². The van der Waals surface area contributed by atoms with Gasteiger partial charge in [-0.25, -0.2) is 8.91 Å². The second-order valence-electron chi connectivity index (χ2n) is 11.0. The molecule has 1 atom stereocenters. The summed E-state index contributed by atoms with van der Waals surface area (Å²) in [5, 5.41) is 29.4. The molecule has 198 valence electrons. The second kappa shape index (κ2) is 9.36. The summed E-state index contributed by atoms with van der Waals surface area (Å²) in [6.45, 7) is 5.43. The summed E-state index contributed by atoms with van der Waals surface area (Å²) in [6.07, 6.45) is 3.02. The van der Waals surface area contributed by atoms with Crippen LogP contribution in [0.25, 0.3) is 16.9 Å². The molecule has 11 heteroatoms. The van der Waals surface area contributed by atoms with E-state index in [0.717, 1.165) is 31.4 Å². The number of fused-ring (bicyclic) bond motifs is 1. The number of carbonyl (C=O) groups is 2. The molecule has 1 unspecified atom stereocenters. The fourth-order valence-corrected chi connectivity index (χ4v) is 5.23. The highest BCUT2D eigenvalue weighted by atomic mass is 19.1. The van der Waals surface area contributed by atoms with Gasteiger partial charge < -0.3 is 20.6 Å². The Morgan fingerprint density at radius 1 is 1.29 bits per heavy atom. The number of nitriles is 1. The van der Waals surface area contributed by atoms with Crippen LogP contribution in [0.3, 0.4) is 0 Å². The van der Waals surface area contributed by atoms with Gasteiger partial charge in [-0.15, -0.1) is 0 Å². The molecule has 1 aliphatic heterocycles. The average Bonchev–Trinajstić information content (AvgIpc) is 3.25. The lowest BCUT2D eigenvalue weighted by atomic mass is 9.60. The summed E-state index contributed by atoms with van der Waals surface area (Å²) in [7, 11) is 0. The number of hydrogen-bond acceptors (Lipinski definition) is 7. The van der Waals surface area contributed by atoms with E-state index in [4.69, 9.17) is 5.26 Å². The first-order valence-electron chi connectivity index (χ1n) is 12.5. The standard InChI is InChI=1S/C27H30FN7O3/c1-16(36)34-14-27(15-34)8-18(9-27)33-21-7-22(23-5-4-19-6-17(10-29)11-32-35(19)23)30-12-20(21)25(37)31-13-24(28)26(2,3)38/h4-7,11-12,18,24,38H,8-9,13-15H2,1-3H3,(H,30,33)(H,31,37). The molecule has 1 spiro atoms. The lowest BCUT2D eigenvalue weighted by molar-refractivity contribution is -0.147. The van der Waals surface area contributed by atoms with Crippen molar-refractivity contribution in [2.45, 2.75) is 51.4 Å². The van der Waals surface area contributed by atoms with Crippen LogP contribution in [0, 0.1) is 16.7 Å². The summed E-state index contributed by atoms with van der Waals surface area (Å²) in [6, 6.07) is 9.36. The Bertz CT molecular complexity index is 1440. The van der Waals surface area contributed by atoms with Crippen LogP contribution in [0.5, 0.6) is 0 Å². The van der Waals surface area contributed by atoms with E-state index in [2.05, 4.69) is 26.8 Å². The van der Waals surface area contributed by atoms with Crippen molar-refractivity contribution in [2.75, 3.05) is 25.0 Å². The van der Waals surface area contributed by atoms with Crippen molar-refractivity contribution in [3.63, 3.8) is 0 Å². The molecule has 38 heavy (non-hydrogen) atoms. The van der Waals surface area contributed by atoms with E-state index in [1.165, 1.54) is 26.2 Å². The number of hydrogen-bond donors (Lipinski definition) is 3. The fraction of sp³-hybridized carbons (Fsp3) is 0.444. The number of pyridine rings is 1. The van der Waals surface area contributed by atoms with Gasteiger partial charge in [0.05, 0.1) is 52.1 Å². The normalized spacial score (nSPS) is 17.4. The monoisotopic (exact) mass is 519 g/mol.